The zero-order valence-electron chi connectivity index (χ0n) is 17.9. The van der Waals surface area contributed by atoms with Crippen molar-refractivity contribution in [2.24, 2.45) is 0 Å². The lowest BCUT2D eigenvalue weighted by molar-refractivity contribution is -0.196. The van der Waals surface area contributed by atoms with Crippen LogP contribution in [0.2, 0.25) is 0 Å². The summed E-state index contributed by atoms with van der Waals surface area (Å²) in [5.74, 6) is -1.54. The van der Waals surface area contributed by atoms with Gasteiger partial charge in [0.1, 0.15) is 0 Å². The number of hydrogen-bond donors (Lipinski definition) is 0. The molecule has 0 saturated carbocycles. The molecule has 5 nitrogen and oxygen atoms in total. The minimum absolute atomic E-state index is 0.0295. The fourth-order valence-electron chi connectivity index (χ4n) is 2.50. The van der Waals surface area contributed by atoms with E-state index in [1.807, 2.05) is 12.2 Å². The minimum Gasteiger partial charge on any atom is -0.330 e. The summed E-state index contributed by atoms with van der Waals surface area (Å²) in [5.41, 5.74) is 0. The quantitative estimate of drug-likeness (QED) is 0.272. The van der Waals surface area contributed by atoms with Gasteiger partial charge in [0.25, 0.3) is 11.8 Å². The molecular weight excluding hydrogens is 378 g/mol. The van der Waals surface area contributed by atoms with Crippen LogP contribution in [-0.4, -0.2) is 22.8 Å². The van der Waals surface area contributed by atoms with Crippen molar-refractivity contribution in [1.82, 2.24) is 5.06 Å². The Kier molecular flexibility index (Phi) is 14.2. The molecule has 0 aromatic heterocycles. The van der Waals surface area contributed by atoms with Gasteiger partial charge in [-0.05, 0) is 38.5 Å². The molecule has 1 saturated heterocycles. The fraction of sp³-hybridized carbons (Fsp3) is 0.400. The molecule has 2 amide bonds. The van der Waals surface area contributed by atoms with Crippen molar-refractivity contribution in [3.63, 3.8) is 0 Å². The zero-order valence-corrected chi connectivity index (χ0v) is 17.9. The van der Waals surface area contributed by atoms with Crippen LogP contribution in [0.3, 0.4) is 0 Å². The first-order valence-corrected chi connectivity index (χ1v) is 10.6. The van der Waals surface area contributed by atoms with Gasteiger partial charge in [-0.15, -0.1) is 5.06 Å². The molecule has 162 valence electrons. The van der Waals surface area contributed by atoms with Crippen molar-refractivity contribution in [1.29, 1.82) is 0 Å². The van der Waals surface area contributed by atoms with Crippen LogP contribution < -0.4 is 0 Å². The highest BCUT2D eigenvalue weighted by atomic mass is 16.7. The molecule has 1 rings (SSSR count). The van der Waals surface area contributed by atoms with Crippen molar-refractivity contribution in [3.8, 4) is 0 Å². The van der Waals surface area contributed by atoms with E-state index in [2.05, 4.69) is 61.6 Å². The lowest BCUT2D eigenvalue weighted by Gasteiger charge is -2.11. The molecule has 5 heteroatoms. The Labute approximate surface area is 180 Å². The molecule has 0 N–H and O–H groups in total. The van der Waals surface area contributed by atoms with E-state index < -0.39 is 17.8 Å². The summed E-state index contributed by atoms with van der Waals surface area (Å²) in [5, 5.41) is 0.570. The third-order valence-corrected chi connectivity index (χ3v) is 4.08. The number of allylic oxidation sites excluding steroid dienone is 11. The molecule has 1 aliphatic rings. The summed E-state index contributed by atoms with van der Waals surface area (Å²) >= 11 is 0. The molecule has 0 aromatic carbocycles. The van der Waals surface area contributed by atoms with Crippen molar-refractivity contribution >= 4 is 17.8 Å². The molecule has 0 bridgehead atoms. The number of carbonyl (C=O) groups is 3. The first kappa shape index (κ1) is 25.1. The SMILES string of the molecule is CC/C=C\C/C=C\C/C=C\C/C=C\C/C=C\C/C=C\CC(=O)ON1C(=O)CCC1=O. The van der Waals surface area contributed by atoms with Crippen molar-refractivity contribution < 1.29 is 19.2 Å². The smallest absolute Gasteiger partial charge is 0.330 e. The van der Waals surface area contributed by atoms with Crippen LogP contribution in [0.15, 0.2) is 72.9 Å². The Morgan fingerprint density at radius 1 is 0.700 bits per heavy atom. The molecular formula is C25H33NO4. The maximum absolute atomic E-state index is 11.6. The predicted octanol–water partition coefficient (Wildman–Crippen LogP) is 5.68. The molecule has 30 heavy (non-hydrogen) atoms. The first-order chi connectivity index (χ1) is 14.6. The molecule has 1 heterocycles. The van der Waals surface area contributed by atoms with E-state index in [1.165, 1.54) is 0 Å². The van der Waals surface area contributed by atoms with Gasteiger partial charge in [0.2, 0.25) is 0 Å². The van der Waals surface area contributed by atoms with Gasteiger partial charge in [0, 0.05) is 12.8 Å². The van der Waals surface area contributed by atoms with Gasteiger partial charge in [0.15, 0.2) is 0 Å². The van der Waals surface area contributed by atoms with Gasteiger partial charge < -0.3 is 4.84 Å². The summed E-state index contributed by atoms with van der Waals surface area (Å²) < 4.78 is 0. The normalized spacial score (nSPS) is 15.6. The summed E-state index contributed by atoms with van der Waals surface area (Å²) in [6, 6.07) is 0. The van der Waals surface area contributed by atoms with E-state index >= 15 is 0 Å². The highest BCUT2D eigenvalue weighted by Gasteiger charge is 2.32. The number of nitrogens with zero attached hydrogens (tertiary/aromatic N) is 1. The average molecular weight is 412 g/mol. The number of rotatable bonds is 14. The topological polar surface area (TPSA) is 63.7 Å². The van der Waals surface area contributed by atoms with Crippen molar-refractivity contribution in [2.75, 3.05) is 0 Å². The third kappa shape index (κ3) is 12.5. The summed E-state index contributed by atoms with van der Waals surface area (Å²) in [6.07, 6.45) is 30.8. The Morgan fingerprint density at radius 2 is 1.07 bits per heavy atom. The van der Waals surface area contributed by atoms with Crippen LogP contribution >= 0.6 is 0 Å². The predicted molar refractivity (Wildman–Crippen MR) is 120 cm³/mol. The average Bonchev–Trinajstić information content (AvgIpc) is 3.05. The van der Waals surface area contributed by atoms with Gasteiger partial charge in [-0.1, -0.05) is 79.8 Å². The summed E-state index contributed by atoms with van der Waals surface area (Å²) in [7, 11) is 0. The molecule has 0 spiro atoms. The second-order valence-electron chi connectivity index (χ2n) is 6.66. The molecule has 1 aliphatic heterocycles. The molecule has 0 unspecified atom stereocenters. The number of carbonyl (C=O) groups excluding carboxylic acids is 3. The minimum atomic E-state index is -0.612. The monoisotopic (exact) mass is 411 g/mol. The van der Waals surface area contributed by atoms with E-state index in [4.69, 9.17) is 4.84 Å². The number of hydroxylamine groups is 2. The van der Waals surface area contributed by atoms with Gasteiger partial charge in [-0.25, -0.2) is 4.79 Å². The maximum Gasteiger partial charge on any atom is 0.336 e. The first-order valence-electron chi connectivity index (χ1n) is 10.6. The van der Waals surface area contributed by atoms with E-state index in [-0.39, 0.29) is 19.3 Å². The lowest BCUT2D eigenvalue weighted by atomic mass is 10.2. The molecule has 1 fully saturated rings. The zero-order chi connectivity index (χ0) is 21.9. The summed E-state index contributed by atoms with van der Waals surface area (Å²) in [4.78, 5) is 39.1. The van der Waals surface area contributed by atoms with Crippen LogP contribution in [0.5, 0.6) is 0 Å². The maximum atomic E-state index is 11.6. The van der Waals surface area contributed by atoms with Gasteiger partial charge in [0.05, 0.1) is 6.42 Å². The Hall–Kier alpha value is -2.95. The van der Waals surface area contributed by atoms with E-state index in [0.717, 1.165) is 32.1 Å². The number of hydrogen-bond acceptors (Lipinski definition) is 4. The number of imide groups is 1. The van der Waals surface area contributed by atoms with Crippen LogP contribution in [-0.2, 0) is 19.2 Å². The van der Waals surface area contributed by atoms with Crippen LogP contribution in [0.25, 0.3) is 0 Å². The van der Waals surface area contributed by atoms with E-state index in [1.54, 1.807) is 6.08 Å². The largest absolute Gasteiger partial charge is 0.336 e. The Balaban J connectivity index is 2.03. The summed E-state index contributed by atoms with van der Waals surface area (Å²) in [6.45, 7) is 2.14. The Morgan fingerprint density at radius 3 is 1.47 bits per heavy atom. The van der Waals surface area contributed by atoms with Crippen molar-refractivity contribution in [2.45, 2.75) is 64.7 Å². The number of amides is 2. The lowest BCUT2D eigenvalue weighted by Crippen LogP contribution is -2.31. The second kappa shape index (κ2) is 17.0. The van der Waals surface area contributed by atoms with Crippen molar-refractivity contribution in [3.05, 3.63) is 72.9 Å². The Bertz CT molecular complexity index is 695. The molecule has 0 aliphatic carbocycles. The van der Waals surface area contributed by atoms with Crippen LogP contribution in [0.4, 0.5) is 0 Å². The molecule has 0 aromatic rings. The van der Waals surface area contributed by atoms with E-state index in [0.29, 0.717) is 11.5 Å². The van der Waals surface area contributed by atoms with Gasteiger partial charge >= 0.3 is 5.97 Å². The fourth-order valence-corrected chi connectivity index (χ4v) is 2.50. The molecule has 0 radical (unpaired) electrons. The highest BCUT2D eigenvalue weighted by Crippen LogP contribution is 2.12. The second-order valence-corrected chi connectivity index (χ2v) is 6.66. The molecule has 0 atom stereocenters. The van der Waals surface area contributed by atoms with Crippen LogP contribution in [0.1, 0.15) is 64.7 Å². The third-order valence-electron chi connectivity index (χ3n) is 4.08. The van der Waals surface area contributed by atoms with Gasteiger partial charge in [-0.2, -0.15) is 0 Å². The van der Waals surface area contributed by atoms with Crippen LogP contribution in [0, 0.1) is 0 Å². The standard InChI is InChI=1S/C25H33NO4/c1-2-3-4-5-6-7-8-9-10-11-12-13-14-15-16-17-18-19-20-25(29)30-26-23(27)21-22-24(26)28/h3-4,6-7,9-10,12-13,15-16,18-19H,2,5,8,11,14,17,20-22H2,1H3/b4-3-,7-6-,10-9-,13-12-,16-15-,19-18-. The highest BCUT2D eigenvalue weighted by molar-refractivity contribution is 6.01. The van der Waals surface area contributed by atoms with E-state index in [9.17, 15) is 14.4 Å². The van der Waals surface area contributed by atoms with Gasteiger partial charge in [-0.3, -0.25) is 9.59 Å².